The Labute approximate surface area is 175 Å². The van der Waals surface area contributed by atoms with Crippen molar-refractivity contribution in [2.75, 3.05) is 6.61 Å². The second kappa shape index (κ2) is 9.27. The number of hydrogen-bond acceptors (Lipinski definition) is 4. The molecule has 0 atom stereocenters. The predicted molar refractivity (Wildman–Crippen MR) is 112 cm³/mol. The van der Waals surface area contributed by atoms with E-state index in [1.54, 1.807) is 61.0 Å². The molecule has 0 N–H and O–H groups in total. The fraction of sp³-hybridized carbons (Fsp3) is 0.250. The monoisotopic (exact) mass is 406 g/mol. The van der Waals surface area contributed by atoms with Crippen LogP contribution in [0.15, 0.2) is 48.5 Å². The number of rotatable bonds is 7. The van der Waals surface area contributed by atoms with Crippen LogP contribution in [-0.4, -0.2) is 17.1 Å². The molecule has 154 valence electrons. The van der Waals surface area contributed by atoms with E-state index in [0.717, 1.165) is 5.69 Å². The third-order valence-electron chi connectivity index (χ3n) is 4.93. The van der Waals surface area contributed by atoms with Crippen molar-refractivity contribution < 1.29 is 18.7 Å². The van der Waals surface area contributed by atoms with E-state index in [2.05, 4.69) is 6.07 Å². The van der Waals surface area contributed by atoms with Crippen LogP contribution in [0.5, 0.6) is 5.75 Å². The molecule has 2 aromatic carbocycles. The SMILES string of the molecule is CCOC(=O)c1c(-c2ccc(OCc3ccccc3F)cc2)c(C#N)c(CC)n1C. The van der Waals surface area contributed by atoms with Gasteiger partial charge < -0.3 is 14.0 Å². The average Bonchev–Trinajstić information content (AvgIpc) is 3.05. The van der Waals surface area contributed by atoms with E-state index in [1.807, 2.05) is 6.92 Å². The second-order valence-electron chi connectivity index (χ2n) is 6.69. The lowest BCUT2D eigenvalue weighted by atomic mass is 10.00. The Hall–Kier alpha value is -3.59. The van der Waals surface area contributed by atoms with Gasteiger partial charge in [-0.2, -0.15) is 5.26 Å². The zero-order valence-electron chi connectivity index (χ0n) is 17.2. The van der Waals surface area contributed by atoms with Crippen molar-refractivity contribution in [1.82, 2.24) is 4.57 Å². The van der Waals surface area contributed by atoms with Crippen molar-refractivity contribution in [3.8, 4) is 22.9 Å². The summed E-state index contributed by atoms with van der Waals surface area (Å²) < 4.78 is 26.4. The van der Waals surface area contributed by atoms with Crippen molar-refractivity contribution >= 4 is 5.97 Å². The van der Waals surface area contributed by atoms with Crippen molar-refractivity contribution in [2.24, 2.45) is 7.05 Å². The van der Waals surface area contributed by atoms with Crippen LogP contribution in [0.1, 0.15) is 41.2 Å². The molecule has 5 nitrogen and oxygen atoms in total. The Kier molecular flexibility index (Phi) is 6.53. The molecule has 1 heterocycles. The van der Waals surface area contributed by atoms with Gasteiger partial charge in [0.05, 0.1) is 12.2 Å². The Morgan fingerprint density at radius 1 is 1.13 bits per heavy atom. The molecule has 1 aromatic heterocycles. The van der Waals surface area contributed by atoms with Crippen LogP contribution in [0.25, 0.3) is 11.1 Å². The lowest BCUT2D eigenvalue weighted by Crippen LogP contribution is -2.12. The third kappa shape index (κ3) is 4.06. The molecule has 0 saturated heterocycles. The normalized spacial score (nSPS) is 10.5. The van der Waals surface area contributed by atoms with Crippen molar-refractivity contribution in [1.29, 1.82) is 5.26 Å². The van der Waals surface area contributed by atoms with Gasteiger partial charge in [-0.05, 0) is 37.1 Å². The maximum absolute atomic E-state index is 13.8. The molecular formula is C24H23FN2O3. The summed E-state index contributed by atoms with van der Waals surface area (Å²) in [6.45, 7) is 4.03. The van der Waals surface area contributed by atoms with Gasteiger partial charge in [0, 0.05) is 23.9 Å². The topological polar surface area (TPSA) is 64.2 Å². The lowest BCUT2D eigenvalue weighted by molar-refractivity contribution is 0.0516. The summed E-state index contributed by atoms with van der Waals surface area (Å²) in [5.41, 5.74) is 3.32. The van der Waals surface area contributed by atoms with Gasteiger partial charge in [-0.3, -0.25) is 0 Å². The van der Waals surface area contributed by atoms with Crippen LogP contribution in [0.2, 0.25) is 0 Å². The van der Waals surface area contributed by atoms with E-state index in [0.29, 0.717) is 40.1 Å². The van der Waals surface area contributed by atoms with E-state index in [9.17, 15) is 14.4 Å². The summed E-state index contributed by atoms with van der Waals surface area (Å²) >= 11 is 0. The van der Waals surface area contributed by atoms with E-state index in [4.69, 9.17) is 9.47 Å². The van der Waals surface area contributed by atoms with E-state index in [-0.39, 0.29) is 19.0 Å². The molecule has 30 heavy (non-hydrogen) atoms. The highest BCUT2D eigenvalue weighted by Crippen LogP contribution is 2.34. The first-order valence-corrected chi connectivity index (χ1v) is 9.77. The molecule has 6 heteroatoms. The van der Waals surface area contributed by atoms with Gasteiger partial charge in [0.25, 0.3) is 0 Å². The minimum absolute atomic E-state index is 0.106. The first-order valence-electron chi connectivity index (χ1n) is 9.77. The zero-order chi connectivity index (χ0) is 21.7. The van der Waals surface area contributed by atoms with Gasteiger partial charge in [-0.25, -0.2) is 9.18 Å². The molecule has 0 saturated carbocycles. The van der Waals surface area contributed by atoms with Gasteiger partial charge in [0.15, 0.2) is 0 Å². The largest absolute Gasteiger partial charge is 0.489 e. The standard InChI is InChI=1S/C24H23FN2O3/c1-4-21-19(14-26)22(23(27(21)3)24(28)29-5-2)16-10-12-18(13-11-16)30-15-17-8-6-7-9-20(17)25/h6-13H,4-5,15H2,1-3H3. The number of halogens is 1. The first-order chi connectivity index (χ1) is 14.5. The number of carbonyl (C=O) groups is 1. The summed E-state index contributed by atoms with van der Waals surface area (Å²) in [4.78, 5) is 12.6. The molecular weight excluding hydrogens is 383 g/mol. The Morgan fingerprint density at radius 2 is 1.83 bits per heavy atom. The van der Waals surface area contributed by atoms with Crippen LogP contribution in [0.3, 0.4) is 0 Å². The summed E-state index contributed by atoms with van der Waals surface area (Å²) in [5.74, 6) is -0.223. The van der Waals surface area contributed by atoms with Gasteiger partial charge in [-0.1, -0.05) is 37.3 Å². The molecule has 0 aliphatic rings. The third-order valence-corrected chi connectivity index (χ3v) is 4.93. The Morgan fingerprint density at radius 3 is 2.43 bits per heavy atom. The average molecular weight is 406 g/mol. The van der Waals surface area contributed by atoms with Gasteiger partial charge in [0.1, 0.15) is 29.9 Å². The van der Waals surface area contributed by atoms with Crippen LogP contribution in [-0.2, 0) is 24.8 Å². The number of nitriles is 1. The second-order valence-corrected chi connectivity index (χ2v) is 6.69. The van der Waals surface area contributed by atoms with E-state index < -0.39 is 5.97 Å². The highest BCUT2D eigenvalue weighted by atomic mass is 19.1. The maximum Gasteiger partial charge on any atom is 0.355 e. The Balaban J connectivity index is 1.95. The van der Waals surface area contributed by atoms with Gasteiger partial charge in [0.2, 0.25) is 0 Å². The molecule has 0 spiro atoms. The zero-order valence-corrected chi connectivity index (χ0v) is 17.2. The van der Waals surface area contributed by atoms with Gasteiger partial charge in [-0.15, -0.1) is 0 Å². The minimum Gasteiger partial charge on any atom is -0.489 e. The molecule has 0 aliphatic carbocycles. The maximum atomic E-state index is 13.8. The summed E-state index contributed by atoms with van der Waals surface area (Å²) in [7, 11) is 1.77. The van der Waals surface area contributed by atoms with Crippen LogP contribution in [0, 0.1) is 17.1 Å². The van der Waals surface area contributed by atoms with Crippen molar-refractivity contribution in [2.45, 2.75) is 26.9 Å². The molecule has 3 aromatic rings. The smallest absolute Gasteiger partial charge is 0.355 e. The molecule has 0 bridgehead atoms. The number of benzene rings is 2. The number of hydrogen-bond donors (Lipinski definition) is 0. The molecule has 0 aliphatic heterocycles. The molecule has 0 unspecified atom stereocenters. The molecule has 3 rings (SSSR count). The number of nitrogens with zero attached hydrogens (tertiary/aromatic N) is 2. The number of ether oxygens (including phenoxy) is 2. The fourth-order valence-electron chi connectivity index (χ4n) is 3.48. The van der Waals surface area contributed by atoms with Crippen LogP contribution >= 0.6 is 0 Å². The fourth-order valence-corrected chi connectivity index (χ4v) is 3.48. The quantitative estimate of drug-likeness (QED) is 0.517. The number of carbonyl (C=O) groups excluding carboxylic acids is 1. The minimum atomic E-state index is -0.467. The number of esters is 1. The van der Waals surface area contributed by atoms with Crippen LogP contribution in [0.4, 0.5) is 4.39 Å². The summed E-state index contributed by atoms with van der Waals surface area (Å²) in [6.07, 6.45) is 0.607. The van der Waals surface area contributed by atoms with Crippen molar-refractivity contribution in [3.63, 3.8) is 0 Å². The van der Waals surface area contributed by atoms with Crippen molar-refractivity contribution in [3.05, 3.63) is 76.9 Å². The van der Waals surface area contributed by atoms with Crippen LogP contribution < -0.4 is 4.74 Å². The highest BCUT2D eigenvalue weighted by molar-refractivity contribution is 5.98. The Bertz CT molecular complexity index is 1090. The van der Waals surface area contributed by atoms with Gasteiger partial charge >= 0.3 is 5.97 Å². The molecule has 0 radical (unpaired) electrons. The first kappa shape index (κ1) is 21.1. The lowest BCUT2D eigenvalue weighted by Gasteiger charge is -2.10. The van der Waals surface area contributed by atoms with E-state index >= 15 is 0 Å². The molecule has 0 fully saturated rings. The molecule has 0 amide bonds. The highest BCUT2D eigenvalue weighted by Gasteiger charge is 2.26. The summed E-state index contributed by atoms with van der Waals surface area (Å²) in [5, 5.41) is 9.76. The van der Waals surface area contributed by atoms with E-state index in [1.165, 1.54) is 6.07 Å². The predicted octanol–water partition coefficient (Wildman–Crippen LogP) is 5.02. The summed E-state index contributed by atoms with van der Waals surface area (Å²) in [6, 6.07) is 15.7. The number of aromatic nitrogens is 1.